The predicted molar refractivity (Wildman–Crippen MR) is 130 cm³/mol. The van der Waals surface area contributed by atoms with Gasteiger partial charge in [0.25, 0.3) is 0 Å². The van der Waals surface area contributed by atoms with Crippen LogP contribution in [0.4, 0.5) is 0 Å². The Morgan fingerprint density at radius 1 is 1.03 bits per heavy atom. The number of benzene rings is 1. The summed E-state index contributed by atoms with van der Waals surface area (Å²) in [5.74, 6) is 0.858. The minimum absolute atomic E-state index is 0.212. The molecule has 2 saturated heterocycles. The Labute approximate surface area is 198 Å². The quantitative estimate of drug-likeness (QED) is 0.616. The maximum atomic E-state index is 13.2. The van der Waals surface area contributed by atoms with E-state index < -0.39 is 0 Å². The van der Waals surface area contributed by atoms with E-state index in [4.69, 9.17) is 4.74 Å². The monoisotopic (exact) mass is 447 g/mol. The molecule has 1 atom stereocenters. The standard InChI is InChI=1S/C28H37N3O2/c32-28(10-9-22-5-3-13-29-19-22)31(21-27-8-4-16-33-27)20-23-11-14-30(15-12-23)26-17-24-6-1-2-7-25(24)18-26/h1-3,5-7,13,19,23,26-27H,4,8-12,14-18,20-21H2/t27-/m1/s1. The lowest BCUT2D eigenvalue weighted by Crippen LogP contribution is -2.46. The molecule has 176 valence electrons. The number of aryl methyl sites for hydroxylation is 1. The number of amides is 1. The number of fused-ring (bicyclic) bond motifs is 1. The van der Waals surface area contributed by atoms with Crippen molar-refractivity contribution < 1.29 is 9.53 Å². The molecule has 5 rings (SSSR count). The Bertz CT molecular complexity index is 879. The van der Waals surface area contributed by atoms with Crippen LogP contribution in [0.1, 0.15) is 48.8 Å². The van der Waals surface area contributed by atoms with Crippen molar-refractivity contribution in [1.29, 1.82) is 0 Å². The summed E-state index contributed by atoms with van der Waals surface area (Å²) in [6, 6.07) is 13.6. The maximum Gasteiger partial charge on any atom is 0.222 e. The number of pyridine rings is 1. The van der Waals surface area contributed by atoms with Crippen molar-refractivity contribution >= 4 is 5.91 Å². The first-order valence-electron chi connectivity index (χ1n) is 12.8. The van der Waals surface area contributed by atoms with Crippen LogP contribution in [0.2, 0.25) is 0 Å². The second kappa shape index (κ2) is 10.8. The van der Waals surface area contributed by atoms with E-state index in [0.29, 0.717) is 18.4 Å². The molecule has 1 aliphatic carbocycles. The van der Waals surface area contributed by atoms with Crippen LogP contribution in [0.3, 0.4) is 0 Å². The molecule has 2 aromatic rings. The fourth-order valence-electron chi connectivity index (χ4n) is 5.87. The fraction of sp³-hybridized carbons (Fsp3) is 0.571. The number of aromatic nitrogens is 1. The number of hydrogen-bond acceptors (Lipinski definition) is 4. The molecule has 0 saturated carbocycles. The van der Waals surface area contributed by atoms with Crippen LogP contribution >= 0.6 is 0 Å². The van der Waals surface area contributed by atoms with Gasteiger partial charge in [-0.1, -0.05) is 30.3 Å². The summed E-state index contributed by atoms with van der Waals surface area (Å²) in [5, 5.41) is 0. The highest BCUT2D eigenvalue weighted by molar-refractivity contribution is 5.76. The van der Waals surface area contributed by atoms with Gasteiger partial charge in [0, 0.05) is 44.6 Å². The maximum absolute atomic E-state index is 13.2. The Morgan fingerprint density at radius 3 is 2.48 bits per heavy atom. The number of likely N-dealkylation sites (tertiary alicyclic amines) is 1. The number of ether oxygens (including phenoxy) is 1. The van der Waals surface area contributed by atoms with Gasteiger partial charge in [-0.05, 0) is 86.7 Å². The van der Waals surface area contributed by atoms with E-state index in [1.807, 2.05) is 12.3 Å². The van der Waals surface area contributed by atoms with Crippen LogP contribution in [0.15, 0.2) is 48.8 Å². The van der Waals surface area contributed by atoms with E-state index in [9.17, 15) is 4.79 Å². The third kappa shape index (κ3) is 5.82. The molecule has 1 amide bonds. The van der Waals surface area contributed by atoms with Gasteiger partial charge in [0.05, 0.1) is 6.10 Å². The average Bonchev–Trinajstić information content (AvgIpc) is 3.53. The highest BCUT2D eigenvalue weighted by Gasteiger charge is 2.31. The van der Waals surface area contributed by atoms with Crippen LogP contribution in [0, 0.1) is 5.92 Å². The summed E-state index contributed by atoms with van der Waals surface area (Å²) in [7, 11) is 0. The van der Waals surface area contributed by atoms with Crippen LogP contribution in [-0.2, 0) is 28.8 Å². The second-order valence-corrected chi connectivity index (χ2v) is 10.1. The van der Waals surface area contributed by atoms with Crippen LogP contribution < -0.4 is 0 Å². The molecule has 1 aromatic carbocycles. The molecule has 0 spiro atoms. The van der Waals surface area contributed by atoms with Gasteiger partial charge in [0.15, 0.2) is 0 Å². The van der Waals surface area contributed by atoms with E-state index in [0.717, 1.165) is 57.6 Å². The van der Waals surface area contributed by atoms with Crippen molar-refractivity contribution in [2.24, 2.45) is 5.92 Å². The fourth-order valence-corrected chi connectivity index (χ4v) is 5.87. The zero-order valence-electron chi connectivity index (χ0n) is 19.7. The minimum Gasteiger partial charge on any atom is -0.376 e. The molecule has 5 heteroatoms. The number of hydrogen-bond donors (Lipinski definition) is 0. The molecule has 2 aliphatic heterocycles. The summed E-state index contributed by atoms with van der Waals surface area (Å²) in [5.41, 5.74) is 4.20. The summed E-state index contributed by atoms with van der Waals surface area (Å²) in [4.78, 5) is 22.2. The molecular weight excluding hydrogens is 410 g/mol. The topological polar surface area (TPSA) is 45.7 Å². The van der Waals surface area contributed by atoms with Crippen LogP contribution in [0.5, 0.6) is 0 Å². The molecule has 3 aliphatic rings. The van der Waals surface area contributed by atoms with Crippen molar-refractivity contribution in [3.8, 4) is 0 Å². The lowest BCUT2D eigenvalue weighted by molar-refractivity contribution is -0.133. The van der Waals surface area contributed by atoms with Gasteiger partial charge in [-0.2, -0.15) is 0 Å². The second-order valence-electron chi connectivity index (χ2n) is 10.1. The molecule has 0 bridgehead atoms. The van der Waals surface area contributed by atoms with E-state index >= 15 is 0 Å². The largest absolute Gasteiger partial charge is 0.376 e. The van der Waals surface area contributed by atoms with Crippen molar-refractivity contribution in [2.45, 2.75) is 63.5 Å². The molecule has 2 fully saturated rings. The number of carbonyl (C=O) groups excluding carboxylic acids is 1. The zero-order valence-corrected chi connectivity index (χ0v) is 19.7. The Morgan fingerprint density at radius 2 is 1.82 bits per heavy atom. The van der Waals surface area contributed by atoms with Crippen LogP contribution in [0.25, 0.3) is 0 Å². The Kier molecular flexibility index (Phi) is 7.37. The average molecular weight is 448 g/mol. The molecule has 0 unspecified atom stereocenters. The molecular formula is C28H37N3O2. The van der Waals surface area contributed by atoms with Gasteiger partial charge < -0.3 is 9.64 Å². The number of piperidine rings is 1. The summed E-state index contributed by atoms with van der Waals surface area (Å²) in [6.45, 7) is 4.78. The summed E-state index contributed by atoms with van der Waals surface area (Å²) in [6.07, 6.45) is 12.1. The highest BCUT2D eigenvalue weighted by Crippen LogP contribution is 2.29. The van der Waals surface area contributed by atoms with Gasteiger partial charge in [0.2, 0.25) is 5.91 Å². The number of nitrogens with zero attached hydrogens (tertiary/aromatic N) is 3. The summed E-state index contributed by atoms with van der Waals surface area (Å²) >= 11 is 0. The van der Waals surface area contributed by atoms with E-state index in [1.54, 1.807) is 6.20 Å². The number of carbonyl (C=O) groups is 1. The van der Waals surface area contributed by atoms with Crippen molar-refractivity contribution in [3.05, 3.63) is 65.5 Å². The Balaban J connectivity index is 1.14. The third-order valence-electron chi connectivity index (χ3n) is 7.82. The SMILES string of the molecule is O=C(CCc1cccnc1)N(CC1CCN(C2Cc3ccccc3C2)CC1)C[C@H]1CCCO1. The normalized spacial score (nSPS) is 21.9. The predicted octanol–water partition coefficient (Wildman–Crippen LogP) is 3.90. The molecule has 1 aromatic heterocycles. The molecule has 33 heavy (non-hydrogen) atoms. The van der Waals surface area contributed by atoms with Gasteiger partial charge in [-0.3, -0.25) is 14.7 Å². The van der Waals surface area contributed by atoms with Gasteiger partial charge in [-0.15, -0.1) is 0 Å². The van der Waals surface area contributed by atoms with Gasteiger partial charge >= 0.3 is 0 Å². The smallest absolute Gasteiger partial charge is 0.222 e. The third-order valence-corrected chi connectivity index (χ3v) is 7.82. The van der Waals surface area contributed by atoms with E-state index in [-0.39, 0.29) is 12.0 Å². The lowest BCUT2D eigenvalue weighted by Gasteiger charge is -2.38. The van der Waals surface area contributed by atoms with Crippen LogP contribution in [-0.4, -0.2) is 65.6 Å². The Hall–Kier alpha value is -2.24. The molecule has 0 N–H and O–H groups in total. The molecule has 0 radical (unpaired) electrons. The van der Waals surface area contributed by atoms with E-state index in [1.165, 1.54) is 36.8 Å². The molecule has 3 heterocycles. The minimum atomic E-state index is 0.212. The zero-order chi connectivity index (χ0) is 22.5. The first kappa shape index (κ1) is 22.5. The van der Waals surface area contributed by atoms with Gasteiger partial charge in [0.1, 0.15) is 0 Å². The summed E-state index contributed by atoms with van der Waals surface area (Å²) < 4.78 is 5.89. The molecule has 5 nitrogen and oxygen atoms in total. The highest BCUT2D eigenvalue weighted by atomic mass is 16.5. The first-order chi connectivity index (χ1) is 16.2. The van der Waals surface area contributed by atoms with Crippen molar-refractivity contribution in [3.63, 3.8) is 0 Å². The van der Waals surface area contributed by atoms with Crippen molar-refractivity contribution in [1.82, 2.24) is 14.8 Å². The first-order valence-corrected chi connectivity index (χ1v) is 12.8. The lowest BCUT2D eigenvalue weighted by atomic mass is 9.94. The van der Waals surface area contributed by atoms with Crippen molar-refractivity contribution in [2.75, 3.05) is 32.8 Å². The number of rotatable bonds is 8. The van der Waals surface area contributed by atoms with E-state index in [2.05, 4.69) is 45.1 Å². The van der Waals surface area contributed by atoms with Gasteiger partial charge in [-0.25, -0.2) is 0 Å².